The maximum Gasteiger partial charge on any atom is 0.130 e. The number of benzene rings is 2. The Kier molecular flexibility index (Phi) is 3.53. The van der Waals surface area contributed by atoms with E-state index >= 15 is 0 Å². The maximum absolute atomic E-state index is 6.27. The van der Waals surface area contributed by atoms with E-state index in [4.69, 9.17) is 21.1 Å². The number of rotatable bonds is 3. The smallest absolute Gasteiger partial charge is 0.130 e. The zero-order chi connectivity index (χ0) is 16.0. The number of fused-ring (bicyclic) bond motifs is 2. The summed E-state index contributed by atoms with van der Waals surface area (Å²) in [5.74, 6) is 1.87. The summed E-state index contributed by atoms with van der Waals surface area (Å²) >= 11 is 6.27. The van der Waals surface area contributed by atoms with Gasteiger partial charge in [0.1, 0.15) is 23.7 Å². The monoisotopic (exact) mass is 328 g/mol. The Bertz CT molecular complexity index is 764. The molecule has 0 aromatic heterocycles. The van der Waals surface area contributed by atoms with Crippen molar-refractivity contribution >= 4 is 11.6 Å². The minimum atomic E-state index is -0.171. The van der Waals surface area contributed by atoms with Gasteiger partial charge in [0.25, 0.3) is 0 Å². The zero-order valence-electron chi connectivity index (χ0n) is 13.6. The highest BCUT2D eigenvalue weighted by Crippen LogP contribution is 2.40. The van der Waals surface area contributed by atoms with Gasteiger partial charge in [-0.1, -0.05) is 17.7 Å². The number of halogens is 1. The van der Waals surface area contributed by atoms with E-state index < -0.39 is 0 Å². The fraction of sp³-hybridized carbons (Fsp3) is 0.400. The Balaban J connectivity index is 1.56. The first kappa shape index (κ1) is 14.9. The van der Waals surface area contributed by atoms with Gasteiger partial charge in [0.2, 0.25) is 0 Å². The van der Waals surface area contributed by atoms with Crippen LogP contribution in [0.2, 0.25) is 5.02 Å². The number of hydrogen-bond acceptors (Lipinski definition) is 2. The minimum Gasteiger partial charge on any atom is -0.489 e. The van der Waals surface area contributed by atoms with Gasteiger partial charge >= 0.3 is 0 Å². The van der Waals surface area contributed by atoms with Crippen LogP contribution in [0.25, 0.3) is 0 Å². The first-order valence-corrected chi connectivity index (χ1v) is 8.63. The first-order valence-electron chi connectivity index (χ1n) is 8.25. The van der Waals surface area contributed by atoms with Crippen molar-refractivity contribution in [1.82, 2.24) is 0 Å². The van der Waals surface area contributed by atoms with Crippen LogP contribution in [0.4, 0.5) is 0 Å². The van der Waals surface area contributed by atoms with Crippen LogP contribution in [-0.2, 0) is 25.9 Å². The van der Waals surface area contributed by atoms with E-state index in [1.807, 2.05) is 12.1 Å². The van der Waals surface area contributed by atoms with E-state index in [2.05, 4.69) is 32.0 Å². The van der Waals surface area contributed by atoms with Crippen molar-refractivity contribution in [3.63, 3.8) is 0 Å². The SMILES string of the molecule is CC1(C)Cc2cc(Cl)cc(COc3ccc4c(c3)CCC4)c2O1. The van der Waals surface area contributed by atoms with E-state index in [0.717, 1.165) is 34.9 Å². The molecule has 2 nitrogen and oxygen atoms in total. The average Bonchev–Trinajstić information content (AvgIpc) is 3.06. The second kappa shape index (κ2) is 5.45. The van der Waals surface area contributed by atoms with Crippen molar-refractivity contribution in [3.05, 3.63) is 57.6 Å². The largest absolute Gasteiger partial charge is 0.489 e. The Morgan fingerprint density at radius 3 is 2.78 bits per heavy atom. The molecule has 2 aliphatic rings. The summed E-state index contributed by atoms with van der Waals surface area (Å²) < 4.78 is 12.1. The molecule has 23 heavy (non-hydrogen) atoms. The van der Waals surface area contributed by atoms with Crippen LogP contribution >= 0.6 is 11.6 Å². The lowest BCUT2D eigenvalue weighted by Gasteiger charge is -2.18. The number of aryl methyl sites for hydroxylation is 2. The van der Waals surface area contributed by atoms with Gasteiger partial charge in [-0.2, -0.15) is 0 Å². The third-order valence-electron chi connectivity index (χ3n) is 4.67. The van der Waals surface area contributed by atoms with Gasteiger partial charge in [0, 0.05) is 17.0 Å². The van der Waals surface area contributed by atoms with Crippen LogP contribution in [0.1, 0.15) is 42.5 Å². The van der Waals surface area contributed by atoms with Gasteiger partial charge in [0.05, 0.1) is 0 Å². The fourth-order valence-corrected chi connectivity index (χ4v) is 3.92. The van der Waals surface area contributed by atoms with Crippen molar-refractivity contribution in [2.24, 2.45) is 0 Å². The van der Waals surface area contributed by atoms with Gasteiger partial charge in [-0.05, 0) is 74.1 Å². The van der Waals surface area contributed by atoms with Crippen molar-refractivity contribution < 1.29 is 9.47 Å². The molecule has 1 aliphatic carbocycles. The molecule has 0 bridgehead atoms. The van der Waals surface area contributed by atoms with Gasteiger partial charge in [0.15, 0.2) is 0 Å². The molecule has 2 aromatic rings. The first-order chi connectivity index (χ1) is 11.0. The van der Waals surface area contributed by atoms with Crippen molar-refractivity contribution in [3.8, 4) is 11.5 Å². The quantitative estimate of drug-likeness (QED) is 0.778. The summed E-state index contributed by atoms with van der Waals surface area (Å²) in [5.41, 5.74) is 4.92. The molecule has 3 heteroatoms. The summed E-state index contributed by atoms with van der Waals surface area (Å²) in [4.78, 5) is 0. The van der Waals surface area contributed by atoms with E-state index in [9.17, 15) is 0 Å². The molecule has 0 radical (unpaired) electrons. The molecule has 0 saturated carbocycles. The Morgan fingerprint density at radius 1 is 1.09 bits per heavy atom. The van der Waals surface area contributed by atoms with E-state index in [0.29, 0.717) is 6.61 Å². The fourth-order valence-electron chi connectivity index (χ4n) is 3.65. The predicted molar refractivity (Wildman–Crippen MR) is 92.7 cm³/mol. The highest BCUT2D eigenvalue weighted by Gasteiger charge is 2.32. The Morgan fingerprint density at radius 2 is 1.91 bits per heavy atom. The van der Waals surface area contributed by atoms with Gasteiger partial charge in [-0.25, -0.2) is 0 Å². The molecule has 0 saturated heterocycles. The predicted octanol–water partition coefficient (Wildman–Crippen LogP) is 5.12. The van der Waals surface area contributed by atoms with E-state index in [1.165, 1.54) is 29.5 Å². The summed E-state index contributed by atoms with van der Waals surface area (Å²) in [7, 11) is 0. The summed E-state index contributed by atoms with van der Waals surface area (Å²) in [6, 6.07) is 10.4. The van der Waals surface area contributed by atoms with Crippen LogP contribution in [0, 0.1) is 0 Å². The third kappa shape index (κ3) is 2.92. The Labute approximate surface area is 142 Å². The van der Waals surface area contributed by atoms with Crippen LogP contribution in [0.3, 0.4) is 0 Å². The van der Waals surface area contributed by atoms with Gasteiger partial charge in [-0.15, -0.1) is 0 Å². The van der Waals surface area contributed by atoms with Gasteiger partial charge < -0.3 is 9.47 Å². The normalized spacial score (nSPS) is 17.5. The maximum atomic E-state index is 6.27. The summed E-state index contributed by atoms with van der Waals surface area (Å²) in [6.45, 7) is 4.69. The third-order valence-corrected chi connectivity index (χ3v) is 4.88. The van der Waals surface area contributed by atoms with Gasteiger partial charge in [-0.3, -0.25) is 0 Å². The number of ether oxygens (including phenoxy) is 2. The minimum absolute atomic E-state index is 0.171. The van der Waals surface area contributed by atoms with Crippen LogP contribution < -0.4 is 9.47 Å². The highest BCUT2D eigenvalue weighted by atomic mass is 35.5. The average molecular weight is 329 g/mol. The molecule has 1 aliphatic heterocycles. The molecule has 0 spiro atoms. The number of hydrogen-bond donors (Lipinski definition) is 0. The molecule has 0 unspecified atom stereocenters. The second-order valence-electron chi connectivity index (χ2n) is 7.16. The Hall–Kier alpha value is -1.67. The van der Waals surface area contributed by atoms with E-state index in [1.54, 1.807) is 0 Å². The topological polar surface area (TPSA) is 18.5 Å². The summed E-state index contributed by atoms with van der Waals surface area (Å²) in [5, 5.41) is 0.748. The van der Waals surface area contributed by atoms with Crippen LogP contribution in [-0.4, -0.2) is 5.60 Å². The molecule has 0 amide bonds. The molecule has 120 valence electrons. The molecule has 2 aromatic carbocycles. The zero-order valence-corrected chi connectivity index (χ0v) is 14.4. The standard InChI is InChI=1S/C20H21ClO2/c1-20(2)11-15-8-17(21)9-16(19(15)23-20)12-22-18-7-6-13-4-3-5-14(13)10-18/h6-10H,3-5,11-12H2,1-2H3. The summed E-state index contributed by atoms with van der Waals surface area (Å²) in [6.07, 6.45) is 4.50. The lowest BCUT2D eigenvalue weighted by molar-refractivity contribution is 0.135. The van der Waals surface area contributed by atoms with Crippen LogP contribution in [0.5, 0.6) is 11.5 Å². The second-order valence-corrected chi connectivity index (χ2v) is 7.60. The van der Waals surface area contributed by atoms with Crippen molar-refractivity contribution in [2.75, 3.05) is 0 Å². The highest BCUT2D eigenvalue weighted by molar-refractivity contribution is 6.30. The van der Waals surface area contributed by atoms with Crippen molar-refractivity contribution in [1.29, 1.82) is 0 Å². The molecule has 0 atom stereocenters. The van der Waals surface area contributed by atoms with Crippen LogP contribution in [0.15, 0.2) is 30.3 Å². The molecule has 4 rings (SSSR count). The van der Waals surface area contributed by atoms with E-state index in [-0.39, 0.29) is 5.60 Å². The molecule has 0 N–H and O–H groups in total. The molecular weight excluding hydrogens is 308 g/mol. The lowest BCUT2D eigenvalue weighted by atomic mass is 10.0. The molecular formula is C20H21ClO2. The molecule has 1 heterocycles. The lowest BCUT2D eigenvalue weighted by Crippen LogP contribution is -2.25. The molecule has 0 fully saturated rings. The van der Waals surface area contributed by atoms with Crippen molar-refractivity contribution in [2.45, 2.75) is 51.7 Å².